The second-order valence-electron chi connectivity index (χ2n) is 5.77. The third-order valence-corrected chi connectivity index (χ3v) is 4.58. The van der Waals surface area contributed by atoms with E-state index in [2.05, 4.69) is 17.0 Å². The van der Waals surface area contributed by atoms with Crippen LogP contribution < -0.4 is 4.90 Å². The lowest BCUT2D eigenvalue weighted by molar-refractivity contribution is -0.145. The molecule has 0 atom stereocenters. The minimum atomic E-state index is -0.660. The molecule has 1 aliphatic carbocycles. The Kier molecular flexibility index (Phi) is 2.46. The summed E-state index contributed by atoms with van der Waals surface area (Å²) >= 11 is 0. The molecule has 1 fully saturated rings. The summed E-state index contributed by atoms with van der Waals surface area (Å²) in [4.78, 5) is 18.0. The topological polar surface area (TPSA) is 53.4 Å². The van der Waals surface area contributed by atoms with Gasteiger partial charge >= 0.3 is 5.97 Å². The van der Waals surface area contributed by atoms with Crippen LogP contribution in [0.1, 0.15) is 18.4 Å². The first kappa shape index (κ1) is 11.7. The Balaban J connectivity index is 1.65. The number of rotatable bonds is 2. The van der Waals surface area contributed by atoms with Crippen LogP contribution in [-0.4, -0.2) is 28.6 Å². The molecule has 0 spiro atoms. The number of carbonyl (C=O) groups is 1. The molecule has 1 saturated carbocycles. The Hall–Kier alpha value is -2.10. The standard InChI is InChI=1S/C16H16N2O2/c19-16(20)12-8-13(9-12)18-6-5-11-7-10-3-1-2-4-14(10)17-15(11)18/h1-4,7,12-13H,5-6,8-9H2,(H,19,20). The number of fused-ring (bicyclic) bond motifs is 2. The van der Waals surface area contributed by atoms with Gasteiger partial charge < -0.3 is 10.0 Å². The average Bonchev–Trinajstić information content (AvgIpc) is 2.77. The molecular formula is C16H16N2O2. The third-order valence-electron chi connectivity index (χ3n) is 4.58. The van der Waals surface area contributed by atoms with Gasteiger partial charge in [-0.25, -0.2) is 4.98 Å². The number of aromatic nitrogens is 1. The van der Waals surface area contributed by atoms with Crippen molar-refractivity contribution < 1.29 is 9.90 Å². The van der Waals surface area contributed by atoms with Crippen molar-refractivity contribution in [3.8, 4) is 0 Å². The Morgan fingerprint density at radius 1 is 1.30 bits per heavy atom. The SMILES string of the molecule is O=C(O)C1CC(N2CCc3cc4ccccc4nc32)C1. The zero-order valence-corrected chi connectivity index (χ0v) is 11.1. The molecule has 0 amide bonds. The zero-order chi connectivity index (χ0) is 13.7. The molecule has 1 aliphatic heterocycles. The van der Waals surface area contributed by atoms with E-state index in [4.69, 9.17) is 10.1 Å². The molecule has 1 N–H and O–H groups in total. The van der Waals surface area contributed by atoms with Crippen molar-refractivity contribution in [3.63, 3.8) is 0 Å². The van der Waals surface area contributed by atoms with Crippen molar-refractivity contribution in [1.29, 1.82) is 0 Å². The van der Waals surface area contributed by atoms with Crippen LogP contribution in [0.2, 0.25) is 0 Å². The lowest BCUT2D eigenvalue weighted by Gasteiger charge is -2.40. The number of para-hydroxylation sites is 1. The van der Waals surface area contributed by atoms with E-state index in [0.29, 0.717) is 6.04 Å². The van der Waals surface area contributed by atoms with Crippen LogP contribution in [0.3, 0.4) is 0 Å². The van der Waals surface area contributed by atoms with Gasteiger partial charge in [0.2, 0.25) is 0 Å². The maximum Gasteiger partial charge on any atom is 0.306 e. The van der Waals surface area contributed by atoms with Gasteiger partial charge in [-0.05, 0) is 37.0 Å². The molecule has 2 aromatic rings. The number of carboxylic acids is 1. The predicted octanol–water partition coefficient (Wildman–Crippen LogP) is 2.46. The normalized spacial score (nSPS) is 24.5. The van der Waals surface area contributed by atoms with Gasteiger partial charge in [-0.2, -0.15) is 0 Å². The number of aliphatic carboxylic acids is 1. The monoisotopic (exact) mass is 268 g/mol. The Labute approximate surface area is 117 Å². The fourth-order valence-corrected chi connectivity index (χ4v) is 3.33. The molecule has 0 saturated heterocycles. The average molecular weight is 268 g/mol. The van der Waals surface area contributed by atoms with Crippen LogP contribution in [0.15, 0.2) is 30.3 Å². The van der Waals surface area contributed by atoms with Crippen molar-refractivity contribution >= 4 is 22.7 Å². The van der Waals surface area contributed by atoms with Crippen LogP contribution in [0, 0.1) is 5.92 Å². The fraction of sp³-hybridized carbons (Fsp3) is 0.375. The summed E-state index contributed by atoms with van der Waals surface area (Å²) < 4.78 is 0. The van der Waals surface area contributed by atoms with Crippen LogP contribution in [0.4, 0.5) is 5.82 Å². The Bertz CT molecular complexity index is 692. The van der Waals surface area contributed by atoms with Gasteiger partial charge in [0, 0.05) is 18.0 Å². The molecular weight excluding hydrogens is 252 g/mol. The van der Waals surface area contributed by atoms with E-state index in [-0.39, 0.29) is 5.92 Å². The van der Waals surface area contributed by atoms with E-state index >= 15 is 0 Å². The van der Waals surface area contributed by atoms with Crippen molar-refractivity contribution in [3.05, 3.63) is 35.9 Å². The number of hydrogen-bond donors (Lipinski definition) is 1. The summed E-state index contributed by atoms with van der Waals surface area (Å²) in [5.74, 6) is 0.245. The lowest BCUT2D eigenvalue weighted by Crippen LogP contribution is -2.46. The van der Waals surface area contributed by atoms with Gasteiger partial charge in [0.05, 0.1) is 11.4 Å². The summed E-state index contributed by atoms with van der Waals surface area (Å²) in [7, 11) is 0. The van der Waals surface area contributed by atoms with Gasteiger partial charge in [-0.3, -0.25) is 4.79 Å². The van der Waals surface area contributed by atoms with Crippen LogP contribution in [0.5, 0.6) is 0 Å². The highest BCUT2D eigenvalue weighted by Crippen LogP contribution is 2.39. The maximum absolute atomic E-state index is 10.9. The summed E-state index contributed by atoms with van der Waals surface area (Å²) in [6.45, 7) is 0.968. The largest absolute Gasteiger partial charge is 0.481 e. The van der Waals surface area contributed by atoms with Crippen molar-refractivity contribution in [2.45, 2.75) is 25.3 Å². The van der Waals surface area contributed by atoms with Crippen molar-refractivity contribution in [2.75, 3.05) is 11.4 Å². The van der Waals surface area contributed by atoms with E-state index in [1.54, 1.807) is 0 Å². The molecule has 102 valence electrons. The fourth-order valence-electron chi connectivity index (χ4n) is 3.33. The molecule has 0 radical (unpaired) electrons. The second kappa shape index (κ2) is 4.20. The number of benzene rings is 1. The summed E-state index contributed by atoms with van der Waals surface area (Å²) in [6.07, 6.45) is 2.52. The highest BCUT2D eigenvalue weighted by atomic mass is 16.4. The first-order valence-electron chi connectivity index (χ1n) is 7.10. The lowest BCUT2D eigenvalue weighted by atomic mass is 9.79. The molecule has 2 heterocycles. The summed E-state index contributed by atoms with van der Waals surface area (Å²) in [5.41, 5.74) is 2.31. The van der Waals surface area contributed by atoms with E-state index < -0.39 is 5.97 Å². The van der Waals surface area contributed by atoms with E-state index in [1.807, 2.05) is 18.2 Å². The highest BCUT2D eigenvalue weighted by molar-refractivity contribution is 5.82. The number of hydrogen-bond acceptors (Lipinski definition) is 3. The molecule has 4 rings (SSSR count). The second-order valence-corrected chi connectivity index (χ2v) is 5.77. The van der Waals surface area contributed by atoms with E-state index in [0.717, 1.165) is 37.1 Å². The quantitative estimate of drug-likeness (QED) is 0.909. The number of carboxylic acid groups (broad SMARTS) is 1. The molecule has 1 aromatic heterocycles. The highest BCUT2D eigenvalue weighted by Gasteiger charge is 2.40. The zero-order valence-electron chi connectivity index (χ0n) is 11.1. The molecule has 4 heteroatoms. The summed E-state index contributed by atoms with van der Waals surface area (Å²) in [6, 6.07) is 10.7. The molecule has 2 aliphatic rings. The minimum Gasteiger partial charge on any atom is -0.481 e. The third kappa shape index (κ3) is 1.68. The maximum atomic E-state index is 10.9. The summed E-state index contributed by atoms with van der Waals surface area (Å²) in [5, 5.41) is 10.2. The molecule has 0 unspecified atom stereocenters. The minimum absolute atomic E-state index is 0.162. The Morgan fingerprint density at radius 2 is 2.10 bits per heavy atom. The van der Waals surface area contributed by atoms with E-state index in [1.165, 1.54) is 10.9 Å². The number of nitrogens with zero attached hydrogens (tertiary/aromatic N) is 2. The van der Waals surface area contributed by atoms with Gasteiger partial charge in [-0.15, -0.1) is 0 Å². The number of pyridine rings is 1. The van der Waals surface area contributed by atoms with Gasteiger partial charge in [0.25, 0.3) is 0 Å². The van der Waals surface area contributed by atoms with Crippen molar-refractivity contribution in [1.82, 2.24) is 4.98 Å². The van der Waals surface area contributed by atoms with Gasteiger partial charge in [0.15, 0.2) is 0 Å². The van der Waals surface area contributed by atoms with Crippen LogP contribution in [-0.2, 0) is 11.2 Å². The first-order chi connectivity index (χ1) is 9.72. The smallest absolute Gasteiger partial charge is 0.306 e. The van der Waals surface area contributed by atoms with Crippen LogP contribution >= 0.6 is 0 Å². The van der Waals surface area contributed by atoms with Crippen LogP contribution in [0.25, 0.3) is 10.9 Å². The number of anilines is 1. The Morgan fingerprint density at radius 3 is 2.90 bits per heavy atom. The van der Waals surface area contributed by atoms with E-state index in [9.17, 15) is 4.79 Å². The first-order valence-corrected chi connectivity index (χ1v) is 7.10. The van der Waals surface area contributed by atoms with Gasteiger partial charge in [0.1, 0.15) is 5.82 Å². The molecule has 20 heavy (non-hydrogen) atoms. The molecule has 1 aromatic carbocycles. The predicted molar refractivity (Wildman–Crippen MR) is 76.9 cm³/mol. The van der Waals surface area contributed by atoms with Crippen molar-refractivity contribution in [2.24, 2.45) is 5.92 Å². The van der Waals surface area contributed by atoms with Gasteiger partial charge in [-0.1, -0.05) is 18.2 Å². The molecule has 4 nitrogen and oxygen atoms in total. The molecule has 0 bridgehead atoms.